The zero-order valence-electron chi connectivity index (χ0n) is 10.8. The lowest BCUT2D eigenvalue weighted by molar-refractivity contribution is 1.02. The fraction of sp³-hybridized carbons (Fsp3) is 0.0714. The molecule has 4 nitrogen and oxygen atoms in total. The van der Waals surface area contributed by atoms with Crippen LogP contribution < -0.4 is 5.32 Å². The molecule has 2 heterocycles. The maximum absolute atomic E-state index is 5.83. The highest BCUT2D eigenvalue weighted by Gasteiger charge is 2.08. The third-order valence-electron chi connectivity index (χ3n) is 2.71. The van der Waals surface area contributed by atoms with Gasteiger partial charge in [0.1, 0.15) is 0 Å². The number of para-hydroxylation sites is 1. The average Bonchev–Trinajstić information content (AvgIpc) is 2.91. The Morgan fingerprint density at radius 2 is 1.95 bits per heavy atom. The van der Waals surface area contributed by atoms with Gasteiger partial charge < -0.3 is 5.32 Å². The Labute approximate surface area is 139 Å². The van der Waals surface area contributed by atoms with Crippen molar-refractivity contribution < 1.29 is 0 Å². The molecule has 0 fully saturated rings. The largest absolute Gasteiger partial charge is 0.332 e. The fourth-order valence-electron chi connectivity index (χ4n) is 1.76. The molecule has 3 rings (SSSR count). The summed E-state index contributed by atoms with van der Waals surface area (Å²) in [5.74, 6) is 0. The van der Waals surface area contributed by atoms with Crippen LogP contribution in [-0.2, 0) is 6.42 Å². The standard InChI is InChI=1S/C14H10BrClN4S/c15-11-8-17-13(16)20-12(11)6-10-7-18-14(21-10)19-9-4-2-1-3-5-9/h1-5,7-8H,6H2,(H,18,19). The predicted octanol–water partition coefficient (Wildman–Crippen LogP) is 4.68. The summed E-state index contributed by atoms with van der Waals surface area (Å²) in [5, 5.41) is 4.38. The van der Waals surface area contributed by atoms with E-state index in [1.54, 1.807) is 17.5 Å². The van der Waals surface area contributed by atoms with Gasteiger partial charge in [0.05, 0.1) is 10.2 Å². The smallest absolute Gasteiger partial charge is 0.222 e. The van der Waals surface area contributed by atoms with Crippen molar-refractivity contribution in [3.05, 3.63) is 63.1 Å². The highest BCUT2D eigenvalue weighted by molar-refractivity contribution is 9.10. The van der Waals surface area contributed by atoms with Crippen molar-refractivity contribution in [2.24, 2.45) is 0 Å². The number of nitrogens with zero attached hydrogens (tertiary/aromatic N) is 3. The van der Waals surface area contributed by atoms with Crippen LogP contribution >= 0.6 is 38.9 Å². The van der Waals surface area contributed by atoms with Crippen LogP contribution in [0.1, 0.15) is 10.6 Å². The molecule has 0 atom stereocenters. The summed E-state index contributed by atoms with van der Waals surface area (Å²) in [5.41, 5.74) is 1.87. The van der Waals surface area contributed by atoms with Crippen LogP contribution in [0.15, 0.2) is 47.2 Å². The number of hydrogen-bond donors (Lipinski definition) is 1. The molecule has 21 heavy (non-hydrogen) atoms. The van der Waals surface area contributed by atoms with Gasteiger partial charge in [-0.25, -0.2) is 15.0 Å². The lowest BCUT2D eigenvalue weighted by Gasteiger charge is -2.02. The first-order valence-electron chi connectivity index (χ1n) is 6.14. The molecule has 3 aromatic rings. The van der Waals surface area contributed by atoms with E-state index in [0.29, 0.717) is 6.42 Å². The summed E-state index contributed by atoms with van der Waals surface area (Å²) in [6.07, 6.45) is 4.17. The number of rotatable bonds is 4. The van der Waals surface area contributed by atoms with Crippen LogP contribution in [0.5, 0.6) is 0 Å². The van der Waals surface area contributed by atoms with E-state index in [4.69, 9.17) is 11.6 Å². The van der Waals surface area contributed by atoms with Crippen molar-refractivity contribution in [3.8, 4) is 0 Å². The summed E-state index contributed by atoms with van der Waals surface area (Å²) < 4.78 is 0.845. The van der Waals surface area contributed by atoms with Crippen LogP contribution in [0.4, 0.5) is 10.8 Å². The van der Waals surface area contributed by atoms with Crippen LogP contribution in [0.3, 0.4) is 0 Å². The first-order chi connectivity index (χ1) is 10.2. The number of halogens is 2. The molecule has 0 bridgehead atoms. The lowest BCUT2D eigenvalue weighted by Crippen LogP contribution is -1.94. The molecule has 0 amide bonds. The summed E-state index contributed by atoms with van der Waals surface area (Å²) in [6, 6.07) is 9.95. The summed E-state index contributed by atoms with van der Waals surface area (Å²) in [7, 11) is 0. The summed E-state index contributed by atoms with van der Waals surface area (Å²) >= 11 is 10.9. The molecule has 0 aliphatic rings. The number of benzene rings is 1. The van der Waals surface area contributed by atoms with Gasteiger partial charge in [-0.05, 0) is 39.7 Å². The van der Waals surface area contributed by atoms with Crippen LogP contribution in [0.2, 0.25) is 5.28 Å². The third kappa shape index (κ3) is 3.78. The topological polar surface area (TPSA) is 50.7 Å². The molecule has 2 aromatic heterocycles. The molecule has 0 spiro atoms. The van der Waals surface area contributed by atoms with Gasteiger partial charge in [-0.2, -0.15) is 0 Å². The quantitative estimate of drug-likeness (QED) is 0.666. The van der Waals surface area contributed by atoms with Crippen molar-refractivity contribution in [2.45, 2.75) is 6.42 Å². The van der Waals surface area contributed by atoms with Crippen LogP contribution in [0.25, 0.3) is 0 Å². The van der Waals surface area contributed by atoms with Gasteiger partial charge in [-0.1, -0.05) is 18.2 Å². The maximum Gasteiger partial charge on any atom is 0.222 e. The third-order valence-corrected chi connectivity index (χ3v) is 4.46. The predicted molar refractivity (Wildman–Crippen MR) is 89.4 cm³/mol. The van der Waals surface area contributed by atoms with E-state index < -0.39 is 0 Å². The average molecular weight is 382 g/mol. The van der Waals surface area contributed by atoms with Crippen LogP contribution in [-0.4, -0.2) is 15.0 Å². The van der Waals surface area contributed by atoms with Gasteiger partial charge >= 0.3 is 0 Å². The minimum absolute atomic E-state index is 0.250. The Bertz CT molecular complexity index is 748. The van der Waals surface area contributed by atoms with E-state index in [9.17, 15) is 0 Å². The number of aromatic nitrogens is 3. The number of hydrogen-bond acceptors (Lipinski definition) is 5. The first kappa shape index (κ1) is 14.4. The van der Waals surface area contributed by atoms with Crippen molar-refractivity contribution >= 4 is 49.7 Å². The van der Waals surface area contributed by atoms with Gasteiger partial charge in [0.25, 0.3) is 0 Å². The van der Waals surface area contributed by atoms with Gasteiger partial charge in [-0.3, -0.25) is 0 Å². The molecule has 0 saturated heterocycles. The Hall–Kier alpha value is -1.50. The van der Waals surface area contributed by atoms with E-state index in [1.807, 2.05) is 36.5 Å². The zero-order chi connectivity index (χ0) is 14.7. The monoisotopic (exact) mass is 380 g/mol. The molecule has 7 heteroatoms. The zero-order valence-corrected chi connectivity index (χ0v) is 13.9. The van der Waals surface area contributed by atoms with E-state index in [2.05, 4.69) is 36.2 Å². The van der Waals surface area contributed by atoms with Crippen molar-refractivity contribution in [1.29, 1.82) is 0 Å². The molecule has 106 valence electrons. The molecular formula is C14H10BrClN4S. The second-order valence-corrected chi connectivity index (χ2v) is 6.54. The molecule has 0 radical (unpaired) electrons. The van der Waals surface area contributed by atoms with Crippen LogP contribution in [0, 0.1) is 0 Å². The van der Waals surface area contributed by atoms with E-state index in [0.717, 1.165) is 25.9 Å². The van der Waals surface area contributed by atoms with E-state index in [1.165, 1.54) is 0 Å². The van der Waals surface area contributed by atoms with Gasteiger partial charge in [0, 0.05) is 29.4 Å². The second-order valence-electron chi connectivity index (χ2n) is 4.23. The Morgan fingerprint density at radius 3 is 2.76 bits per heavy atom. The number of anilines is 2. The highest BCUT2D eigenvalue weighted by Crippen LogP contribution is 2.26. The Morgan fingerprint density at radius 1 is 1.14 bits per heavy atom. The van der Waals surface area contributed by atoms with E-state index in [-0.39, 0.29) is 5.28 Å². The lowest BCUT2D eigenvalue weighted by atomic mass is 10.3. The van der Waals surface area contributed by atoms with Crippen molar-refractivity contribution in [3.63, 3.8) is 0 Å². The summed E-state index contributed by atoms with van der Waals surface area (Å²) in [6.45, 7) is 0. The summed E-state index contributed by atoms with van der Waals surface area (Å²) in [4.78, 5) is 13.6. The minimum Gasteiger partial charge on any atom is -0.332 e. The fourth-order valence-corrected chi connectivity index (χ4v) is 3.08. The SMILES string of the molecule is Clc1ncc(Br)c(Cc2cnc(Nc3ccccc3)s2)n1. The Kier molecular flexibility index (Phi) is 4.48. The van der Waals surface area contributed by atoms with Crippen molar-refractivity contribution in [2.75, 3.05) is 5.32 Å². The normalized spacial score (nSPS) is 10.6. The van der Waals surface area contributed by atoms with E-state index >= 15 is 0 Å². The first-order valence-corrected chi connectivity index (χ1v) is 8.13. The van der Waals surface area contributed by atoms with Gasteiger partial charge in [0.15, 0.2) is 5.13 Å². The molecule has 0 aliphatic carbocycles. The second kappa shape index (κ2) is 6.51. The molecule has 0 unspecified atom stereocenters. The van der Waals surface area contributed by atoms with Gasteiger partial charge in [0.2, 0.25) is 5.28 Å². The molecule has 0 aliphatic heterocycles. The minimum atomic E-state index is 0.250. The number of thiazole rings is 1. The molecular weight excluding hydrogens is 372 g/mol. The van der Waals surface area contributed by atoms with Crippen molar-refractivity contribution in [1.82, 2.24) is 15.0 Å². The molecule has 1 N–H and O–H groups in total. The highest BCUT2D eigenvalue weighted by atomic mass is 79.9. The number of nitrogens with one attached hydrogen (secondary N) is 1. The maximum atomic E-state index is 5.83. The molecule has 1 aromatic carbocycles. The molecule has 0 saturated carbocycles. The Balaban J connectivity index is 1.75. The van der Waals surface area contributed by atoms with Gasteiger partial charge in [-0.15, -0.1) is 11.3 Å².